The number of halogens is 6. The van der Waals surface area contributed by atoms with Crippen molar-refractivity contribution in [2.45, 2.75) is 38.0 Å². The summed E-state index contributed by atoms with van der Waals surface area (Å²) in [7, 11) is 0. The highest BCUT2D eigenvalue weighted by Gasteiger charge is 2.30. The number of benzene rings is 2. The predicted octanol–water partition coefficient (Wildman–Crippen LogP) is 7.00. The minimum absolute atomic E-state index is 0.469. The van der Waals surface area contributed by atoms with Gasteiger partial charge in [0.15, 0.2) is 0 Å². The second-order valence-electron chi connectivity index (χ2n) is 6.81. The molecule has 0 aromatic heterocycles. The third-order valence-electron chi connectivity index (χ3n) is 4.61. The van der Waals surface area contributed by atoms with E-state index in [-0.39, 0.29) is 0 Å². The summed E-state index contributed by atoms with van der Waals surface area (Å²) in [6, 6.07) is 9.27. The summed E-state index contributed by atoms with van der Waals surface area (Å²) >= 11 is 0. The average molecular weight is 418 g/mol. The van der Waals surface area contributed by atoms with Crippen LogP contribution >= 0.6 is 0 Å². The van der Waals surface area contributed by atoms with E-state index in [4.69, 9.17) is 0 Å². The Labute approximate surface area is 170 Å². The molecule has 30 heavy (non-hydrogen) atoms. The lowest BCUT2D eigenvalue weighted by atomic mass is 9.92. The summed E-state index contributed by atoms with van der Waals surface area (Å²) in [6.45, 7) is 0. The van der Waals surface area contributed by atoms with E-state index in [1.807, 2.05) is 0 Å². The van der Waals surface area contributed by atoms with Gasteiger partial charge in [-0.15, -0.1) is 0 Å². The Balaban J connectivity index is 1.82. The van der Waals surface area contributed by atoms with Crippen molar-refractivity contribution in [3.63, 3.8) is 0 Å². The first-order chi connectivity index (χ1) is 14.1. The standard InChI is InChI=1S/C24H16F6/c25-23(26,27)21-13-7-17(8-14-21)5-11-19-3-1-2-4-20(19)12-6-18-9-15-22(16-10-18)24(28,29)30/h7-10,13-16H,1-4H2. The van der Waals surface area contributed by atoms with Crippen molar-refractivity contribution in [2.24, 2.45) is 0 Å². The minimum Gasteiger partial charge on any atom is -0.166 e. The number of hydrogen-bond donors (Lipinski definition) is 0. The Morgan fingerprint density at radius 1 is 0.500 bits per heavy atom. The molecule has 0 heterocycles. The van der Waals surface area contributed by atoms with Crippen LogP contribution in [0, 0.1) is 23.7 Å². The molecule has 2 aromatic rings. The molecule has 2 aromatic carbocycles. The molecule has 0 radical (unpaired) electrons. The van der Waals surface area contributed by atoms with Gasteiger partial charge < -0.3 is 0 Å². The molecule has 0 spiro atoms. The van der Waals surface area contributed by atoms with Crippen LogP contribution in [0.1, 0.15) is 47.9 Å². The lowest BCUT2D eigenvalue weighted by Crippen LogP contribution is -2.04. The first-order valence-electron chi connectivity index (χ1n) is 9.23. The van der Waals surface area contributed by atoms with Gasteiger partial charge in [0.2, 0.25) is 0 Å². The van der Waals surface area contributed by atoms with E-state index in [1.54, 1.807) is 0 Å². The van der Waals surface area contributed by atoms with Gasteiger partial charge in [-0.1, -0.05) is 23.7 Å². The molecule has 0 N–H and O–H groups in total. The predicted molar refractivity (Wildman–Crippen MR) is 102 cm³/mol. The van der Waals surface area contributed by atoms with Crippen LogP contribution in [0.15, 0.2) is 59.7 Å². The van der Waals surface area contributed by atoms with E-state index in [1.165, 1.54) is 24.3 Å². The Morgan fingerprint density at radius 2 is 0.833 bits per heavy atom. The van der Waals surface area contributed by atoms with Crippen molar-refractivity contribution >= 4 is 0 Å². The topological polar surface area (TPSA) is 0 Å². The molecule has 0 aliphatic heterocycles. The van der Waals surface area contributed by atoms with E-state index in [2.05, 4.69) is 23.7 Å². The van der Waals surface area contributed by atoms with Crippen LogP contribution in [0.25, 0.3) is 0 Å². The molecule has 0 bridgehead atoms. The van der Waals surface area contributed by atoms with E-state index >= 15 is 0 Å². The fourth-order valence-corrected chi connectivity index (χ4v) is 2.96. The van der Waals surface area contributed by atoms with Gasteiger partial charge in [0, 0.05) is 22.3 Å². The monoisotopic (exact) mass is 418 g/mol. The molecular weight excluding hydrogens is 402 g/mol. The molecule has 0 fully saturated rings. The SMILES string of the molecule is FC(F)(F)c1ccc(C#CC2=C(C#Cc3ccc(C(F)(F)F)cc3)CCCC2)cc1. The highest BCUT2D eigenvalue weighted by molar-refractivity contribution is 5.50. The maximum absolute atomic E-state index is 12.6. The van der Waals surface area contributed by atoms with Gasteiger partial charge in [0.1, 0.15) is 0 Å². The third kappa shape index (κ3) is 5.70. The average Bonchev–Trinajstić information content (AvgIpc) is 2.70. The lowest BCUT2D eigenvalue weighted by molar-refractivity contribution is -0.138. The zero-order valence-electron chi connectivity index (χ0n) is 15.7. The molecule has 0 nitrogen and oxygen atoms in total. The third-order valence-corrected chi connectivity index (χ3v) is 4.61. The van der Waals surface area contributed by atoms with Crippen LogP contribution in [0.3, 0.4) is 0 Å². The maximum Gasteiger partial charge on any atom is 0.416 e. The fraction of sp³-hybridized carbons (Fsp3) is 0.250. The molecule has 0 saturated heterocycles. The Morgan fingerprint density at radius 3 is 1.13 bits per heavy atom. The number of allylic oxidation sites excluding steroid dienone is 2. The number of alkyl halides is 6. The van der Waals surface area contributed by atoms with Crippen molar-refractivity contribution in [3.8, 4) is 23.7 Å². The van der Waals surface area contributed by atoms with Gasteiger partial charge in [-0.25, -0.2) is 0 Å². The van der Waals surface area contributed by atoms with Crippen molar-refractivity contribution in [1.29, 1.82) is 0 Å². The summed E-state index contributed by atoms with van der Waals surface area (Å²) in [6.07, 6.45) is -5.49. The van der Waals surface area contributed by atoms with E-state index in [0.717, 1.165) is 48.3 Å². The number of hydrogen-bond acceptors (Lipinski definition) is 0. The van der Waals surface area contributed by atoms with Crippen LogP contribution < -0.4 is 0 Å². The smallest absolute Gasteiger partial charge is 0.166 e. The first kappa shape index (κ1) is 21.6. The number of rotatable bonds is 0. The first-order valence-corrected chi connectivity index (χ1v) is 9.23. The van der Waals surface area contributed by atoms with E-state index in [9.17, 15) is 26.3 Å². The molecule has 0 unspecified atom stereocenters. The van der Waals surface area contributed by atoms with Crippen molar-refractivity contribution in [2.75, 3.05) is 0 Å². The van der Waals surface area contributed by atoms with Crippen LogP contribution in [-0.4, -0.2) is 0 Å². The van der Waals surface area contributed by atoms with Crippen LogP contribution in [0.5, 0.6) is 0 Å². The van der Waals surface area contributed by atoms with Gasteiger partial charge >= 0.3 is 12.4 Å². The Hall–Kier alpha value is -3.12. The summed E-state index contributed by atoms with van der Waals surface area (Å²) in [5, 5.41) is 0. The molecule has 3 rings (SSSR count). The van der Waals surface area contributed by atoms with E-state index in [0.29, 0.717) is 24.0 Å². The van der Waals surface area contributed by atoms with Gasteiger partial charge in [-0.05, 0) is 74.2 Å². The normalized spacial score (nSPS) is 14.5. The Bertz CT molecular complexity index is 957. The van der Waals surface area contributed by atoms with Crippen molar-refractivity contribution in [3.05, 3.63) is 81.9 Å². The van der Waals surface area contributed by atoms with E-state index < -0.39 is 23.5 Å². The molecule has 154 valence electrons. The Kier molecular flexibility index (Phi) is 6.27. The molecule has 0 amide bonds. The fourth-order valence-electron chi connectivity index (χ4n) is 2.96. The lowest BCUT2D eigenvalue weighted by Gasteiger charge is -2.12. The second-order valence-corrected chi connectivity index (χ2v) is 6.81. The van der Waals surface area contributed by atoms with Gasteiger partial charge in [-0.2, -0.15) is 26.3 Å². The molecule has 1 aliphatic rings. The van der Waals surface area contributed by atoms with Gasteiger partial charge in [0.25, 0.3) is 0 Å². The summed E-state index contributed by atoms with van der Waals surface area (Å²) in [4.78, 5) is 0. The van der Waals surface area contributed by atoms with Gasteiger partial charge in [0.05, 0.1) is 11.1 Å². The van der Waals surface area contributed by atoms with Crippen molar-refractivity contribution < 1.29 is 26.3 Å². The van der Waals surface area contributed by atoms with Crippen LogP contribution in [0.2, 0.25) is 0 Å². The highest BCUT2D eigenvalue weighted by atomic mass is 19.4. The second kappa shape index (κ2) is 8.71. The van der Waals surface area contributed by atoms with Crippen LogP contribution in [0.4, 0.5) is 26.3 Å². The zero-order chi connectivity index (χ0) is 21.8. The molecule has 1 aliphatic carbocycles. The zero-order valence-corrected chi connectivity index (χ0v) is 15.7. The highest BCUT2D eigenvalue weighted by Crippen LogP contribution is 2.30. The molecule has 0 atom stereocenters. The summed E-state index contributed by atoms with van der Waals surface area (Å²) < 4.78 is 75.8. The van der Waals surface area contributed by atoms with Crippen molar-refractivity contribution in [1.82, 2.24) is 0 Å². The quantitative estimate of drug-likeness (QED) is 0.319. The molecule has 6 heteroatoms. The molecule has 0 saturated carbocycles. The molecular formula is C24H16F6. The summed E-state index contributed by atoms with van der Waals surface area (Å²) in [5.74, 6) is 11.8. The minimum atomic E-state index is -4.39. The van der Waals surface area contributed by atoms with Crippen LogP contribution in [-0.2, 0) is 12.4 Å². The maximum atomic E-state index is 12.6. The largest absolute Gasteiger partial charge is 0.416 e. The summed E-state index contributed by atoms with van der Waals surface area (Å²) in [5.41, 5.74) is 1.12. The van der Waals surface area contributed by atoms with Gasteiger partial charge in [-0.3, -0.25) is 0 Å².